The fourth-order valence-corrected chi connectivity index (χ4v) is 1.36. The van der Waals surface area contributed by atoms with Crippen LogP contribution in [0.25, 0.3) is 0 Å². The first kappa shape index (κ1) is 8.22. The predicted octanol–water partition coefficient (Wildman–Crippen LogP) is 0.320. The Kier molecular flexibility index (Phi) is 1.79. The minimum atomic E-state index is -0.882. The molecule has 0 spiro atoms. The van der Waals surface area contributed by atoms with Crippen molar-refractivity contribution in [2.75, 3.05) is 0 Å². The third kappa shape index (κ3) is 1.68. The average Bonchev–Trinajstić information content (AvgIpc) is 2.77. The van der Waals surface area contributed by atoms with Gasteiger partial charge in [-0.3, -0.25) is 9.48 Å². The maximum Gasteiger partial charge on any atom is 0.311 e. The summed E-state index contributed by atoms with van der Waals surface area (Å²) in [5, 5.41) is 12.6. The van der Waals surface area contributed by atoms with Crippen LogP contribution in [-0.4, -0.2) is 25.8 Å². The summed E-state index contributed by atoms with van der Waals surface area (Å²) in [6.07, 6.45) is 2.22. The lowest BCUT2D eigenvalue weighted by molar-refractivity contribution is -0.136. The van der Waals surface area contributed by atoms with Crippen molar-refractivity contribution in [2.45, 2.75) is 25.2 Å². The SMILES string of the molecule is Cn1nc(CC(=O)O)nc1C1CC1. The zero-order valence-electron chi connectivity index (χ0n) is 7.40. The van der Waals surface area contributed by atoms with Crippen LogP contribution in [0.15, 0.2) is 0 Å². The molecular weight excluding hydrogens is 170 g/mol. The van der Waals surface area contributed by atoms with E-state index < -0.39 is 5.97 Å². The molecule has 0 unspecified atom stereocenters. The lowest BCUT2D eigenvalue weighted by atomic mass is 10.4. The summed E-state index contributed by atoms with van der Waals surface area (Å²) < 4.78 is 1.69. The highest BCUT2D eigenvalue weighted by Crippen LogP contribution is 2.38. The Bertz CT molecular complexity index is 341. The number of carboxylic acid groups (broad SMARTS) is 1. The number of nitrogens with zero attached hydrogens (tertiary/aromatic N) is 3. The molecule has 1 heterocycles. The van der Waals surface area contributed by atoms with Crippen LogP contribution in [0.4, 0.5) is 0 Å². The highest BCUT2D eigenvalue weighted by molar-refractivity contribution is 5.68. The molecule has 0 saturated heterocycles. The van der Waals surface area contributed by atoms with Gasteiger partial charge in [0.05, 0.1) is 0 Å². The van der Waals surface area contributed by atoms with Gasteiger partial charge in [-0.05, 0) is 12.8 Å². The third-order valence-corrected chi connectivity index (χ3v) is 2.09. The Morgan fingerprint density at radius 3 is 2.92 bits per heavy atom. The monoisotopic (exact) mass is 181 g/mol. The van der Waals surface area contributed by atoms with E-state index >= 15 is 0 Å². The summed E-state index contributed by atoms with van der Waals surface area (Å²) in [4.78, 5) is 14.6. The highest BCUT2D eigenvalue weighted by atomic mass is 16.4. The Balaban J connectivity index is 2.19. The zero-order chi connectivity index (χ0) is 9.42. The molecule has 0 aromatic carbocycles. The van der Waals surface area contributed by atoms with Gasteiger partial charge in [-0.1, -0.05) is 0 Å². The van der Waals surface area contributed by atoms with Crippen molar-refractivity contribution >= 4 is 5.97 Å². The first-order valence-corrected chi connectivity index (χ1v) is 4.28. The van der Waals surface area contributed by atoms with Crippen LogP contribution >= 0.6 is 0 Å². The van der Waals surface area contributed by atoms with Crippen LogP contribution in [0.2, 0.25) is 0 Å². The third-order valence-electron chi connectivity index (χ3n) is 2.09. The molecule has 70 valence electrons. The van der Waals surface area contributed by atoms with Crippen molar-refractivity contribution in [1.82, 2.24) is 14.8 Å². The molecule has 1 aliphatic rings. The number of carboxylic acids is 1. The van der Waals surface area contributed by atoms with Crippen LogP contribution in [0.1, 0.15) is 30.4 Å². The smallest absolute Gasteiger partial charge is 0.311 e. The molecule has 0 aliphatic heterocycles. The van der Waals surface area contributed by atoms with E-state index in [0.717, 1.165) is 18.7 Å². The molecule has 1 N–H and O–H groups in total. The lowest BCUT2D eigenvalue weighted by Gasteiger charge is -1.92. The van der Waals surface area contributed by atoms with Crippen LogP contribution in [-0.2, 0) is 18.3 Å². The summed E-state index contributed by atoms with van der Waals surface area (Å²) >= 11 is 0. The van der Waals surface area contributed by atoms with E-state index in [1.807, 2.05) is 7.05 Å². The highest BCUT2D eigenvalue weighted by Gasteiger charge is 2.28. The number of carbonyl (C=O) groups is 1. The second-order valence-electron chi connectivity index (χ2n) is 3.35. The van der Waals surface area contributed by atoms with Gasteiger partial charge in [0, 0.05) is 13.0 Å². The minimum absolute atomic E-state index is 0.0828. The van der Waals surface area contributed by atoms with E-state index in [9.17, 15) is 4.79 Å². The summed E-state index contributed by atoms with van der Waals surface area (Å²) in [5.74, 6) is 0.973. The molecule has 5 heteroatoms. The van der Waals surface area contributed by atoms with Gasteiger partial charge in [-0.25, -0.2) is 4.98 Å². The van der Waals surface area contributed by atoms with Crippen molar-refractivity contribution in [3.05, 3.63) is 11.6 Å². The molecule has 5 nitrogen and oxygen atoms in total. The predicted molar refractivity (Wildman–Crippen MR) is 44.3 cm³/mol. The topological polar surface area (TPSA) is 68.0 Å². The molecule has 0 atom stereocenters. The minimum Gasteiger partial charge on any atom is -0.481 e. The van der Waals surface area contributed by atoms with Crippen LogP contribution in [0.5, 0.6) is 0 Å². The van der Waals surface area contributed by atoms with Crippen molar-refractivity contribution in [2.24, 2.45) is 7.05 Å². The molecule has 1 fully saturated rings. The van der Waals surface area contributed by atoms with E-state index in [1.165, 1.54) is 0 Å². The summed E-state index contributed by atoms with van der Waals surface area (Å²) in [7, 11) is 1.81. The van der Waals surface area contributed by atoms with Gasteiger partial charge >= 0.3 is 5.97 Å². The second kappa shape index (κ2) is 2.83. The second-order valence-corrected chi connectivity index (χ2v) is 3.35. The summed E-state index contributed by atoms with van der Waals surface area (Å²) in [6, 6.07) is 0. The maximum atomic E-state index is 10.4. The standard InChI is InChI=1S/C8H11N3O2/c1-11-8(5-2-3-5)9-6(10-11)4-7(12)13/h5H,2-4H2,1H3,(H,12,13). The Morgan fingerprint density at radius 2 is 2.38 bits per heavy atom. The van der Waals surface area contributed by atoms with E-state index in [4.69, 9.17) is 5.11 Å². The molecule has 0 radical (unpaired) electrons. The average molecular weight is 181 g/mol. The van der Waals surface area contributed by atoms with Crippen molar-refractivity contribution in [1.29, 1.82) is 0 Å². The van der Waals surface area contributed by atoms with Crippen molar-refractivity contribution < 1.29 is 9.90 Å². The van der Waals surface area contributed by atoms with Gasteiger partial charge in [0.25, 0.3) is 0 Å². The van der Waals surface area contributed by atoms with E-state index in [0.29, 0.717) is 11.7 Å². The molecule has 1 aromatic rings. The summed E-state index contributed by atoms with van der Waals surface area (Å²) in [5.41, 5.74) is 0. The van der Waals surface area contributed by atoms with Crippen molar-refractivity contribution in [3.8, 4) is 0 Å². The summed E-state index contributed by atoms with van der Waals surface area (Å²) in [6.45, 7) is 0. The molecular formula is C8H11N3O2. The van der Waals surface area contributed by atoms with Gasteiger partial charge in [-0.2, -0.15) is 5.10 Å². The molecule has 1 saturated carbocycles. The van der Waals surface area contributed by atoms with Crippen LogP contribution in [0.3, 0.4) is 0 Å². The first-order chi connectivity index (χ1) is 6.16. The first-order valence-electron chi connectivity index (χ1n) is 4.28. The van der Waals surface area contributed by atoms with E-state index in [2.05, 4.69) is 10.1 Å². The maximum absolute atomic E-state index is 10.4. The fourth-order valence-electron chi connectivity index (χ4n) is 1.36. The van der Waals surface area contributed by atoms with Gasteiger partial charge in [-0.15, -0.1) is 0 Å². The number of hydrogen-bond donors (Lipinski definition) is 1. The van der Waals surface area contributed by atoms with E-state index in [-0.39, 0.29) is 6.42 Å². The number of aliphatic carboxylic acids is 1. The molecule has 1 aromatic heterocycles. The fraction of sp³-hybridized carbons (Fsp3) is 0.625. The number of aryl methyl sites for hydroxylation is 1. The molecule has 0 bridgehead atoms. The largest absolute Gasteiger partial charge is 0.481 e. The van der Waals surface area contributed by atoms with Gasteiger partial charge in [0.1, 0.15) is 12.2 Å². The Hall–Kier alpha value is -1.39. The Labute approximate surface area is 75.4 Å². The number of aromatic nitrogens is 3. The van der Waals surface area contributed by atoms with Crippen molar-refractivity contribution in [3.63, 3.8) is 0 Å². The van der Waals surface area contributed by atoms with E-state index in [1.54, 1.807) is 4.68 Å². The van der Waals surface area contributed by atoms with Gasteiger partial charge in [0.15, 0.2) is 5.82 Å². The Morgan fingerprint density at radius 1 is 1.69 bits per heavy atom. The zero-order valence-corrected chi connectivity index (χ0v) is 7.40. The van der Waals surface area contributed by atoms with Crippen LogP contribution < -0.4 is 0 Å². The van der Waals surface area contributed by atoms with Gasteiger partial charge < -0.3 is 5.11 Å². The number of rotatable bonds is 3. The molecule has 2 rings (SSSR count). The normalized spacial score (nSPS) is 16.1. The van der Waals surface area contributed by atoms with Crippen LogP contribution in [0, 0.1) is 0 Å². The lowest BCUT2D eigenvalue weighted by Crippen LogP contribution is -2.02. The number of hydrogen-bond acceptors (Lipinski definition) is 3. The van der Waals surface area contributed by atoms with Gasteiger partial charge in [0.2, 0.25) is 0 Å². The quantitative estimate of drug-likeness (QED) is 0.729. The molecule has 1 aliphatic carbocycles. The molecule has 0 amide bonds. The molecule has 13 heavy (non-hydrogen) atoms.